The smallest absolute Gasteiger partial charge is 0.0512 e. The molecule has 0 bridgehead atoms. The van der Waals surface area contributed by atoms with E-state index >= 15 is 0 Å². The Balaban J connectivity index is 1.86. The van der Waals surface area contributed by atoms with Gasteiger partial charge in [-0.05, 0) is 72.8 Å². The molecule has 19 heavy (non-hydrogen) atoms. The molecule has 1 heterocycles. The Morgan fingerprint density at radius 1 is 1.32 bits per heavy atom. The minimum Gasteiger partial charge on any atom is -0.369 e. The van der Waals surface area contributed by atoms with E-state index in [1.54, 1.807) is 0 Å². The fourth-order valence-electron chi connectivity index (χ4n) is 3.11. The van der Waals surface area contributed by atoms with Crippen molar-refractivity contribution >= 4 is 37.5 Å². The van der Waals surface area contributed by atoms with Crippen molar-refractivity contribution in [1.82, 2.24) is 5.32 Å². The van der Waals surface area contributed by atoms with Gasteiger partial charge in [0.15, 0.2) is 0 Å². The summed E-state index contributed by atoms with van der Waals surface area (Å²) in [5.74, 6) is 0.863. The number of anilines is 1. The van der Waals surface area contributed by atoms with E-state index in [0.29, 0.717) is 0 Å². The highest BCUT2D eigenvalue weighted by atomic mass is 79.9. The molecule has 1 aliphatic carbocycles. The molecular weight excluding hydrogens is 368 g/mol. The quantitative estimate of drug-likeness (QED) is 0.818. The molecule has 0 amide bonds. The molecule has 3 rings (SSSR count). The van der Waals surface area contributed by atoms with E-state index in [4.69, 9.17) is 0 Å². The molecule has 1 atom stereocenters. The van der Waals surface area contributed by atoms with Crippen LogP contribution in [0.1, 0.15) is 26.2 Å². The largest absolute Gasteiger partial charge is 0.369 e. The number of rotatable bonds is 2. The number of hydrogen-bond acceptors (Lipinski definition) is 2. The average molecular weight is 388 g/mol. The van der Waals surface area contributed by atoms with Crippen molar-refractivity contribution in [2.45, 2.75) is 31.7 Å². The van der Waals surface area contributed by atoms with Crippen LogP contribution in [-0.2, 0) is 0 Å². The number of hydrogen-bond donors (Lipinski definition) is 1. The molecule has 1 aromatic rings. The van der Waals surface area contributed by atoms with Gasteiger partial charge in [-0.1, -0.05) is 15.9 Å². The van der Waals surface area contributed by atoms with Crippen LogP contribution in [0.2, 0.25) is 0 Å². The zero-order chi connectivity index (χ0) is 13.5. The lowest BCUT2D eigenvalue weighted by Crippen LogP contribution is -2.51. The summed E-state index contributed by atoms with van der Waals surface area (Å²) in [4.78, 5) is 2.54. The molecule has 1 saturated heterocycles. The van der Waals surface area contributed by atoms with Crippen LogP contribution < -0.4 is 10.2 Å². The van der Waals surface area contributed by atoms with Crippen LogP contribution in [0.25, 0.3) is 0 Å². The van der Waals surface area contributed by atoms with Gasteiger partial charge in [-0.2, -0.15) is 0 Å². The first-order valence-electron chi connectivity index (χ1n) is 7.03. The number of nitrogens with zero attached hydrogens (tertiary/aromatic N) is 1. The van der Waals surface area contributed by atoms with E-state index in [1.165, 1.54) is 29.4 Å². The molecule has 1 aliphatic heterocycles. The Bertz CT molecular complexity index is 473. The van der Waals surface area contributed by atoms with Crippen molar-refractivity contribution in [3.05, 3.63) is 27.1 Å². The van der Waals surface area contributed by atoms with Crippen LogP contribution >= 0.6 is 31.9 Å². The van der Waals surface area contributed by atoms with Gasteiger partial charge < -0.3 is 10.2 Å². The van der Waals surface area contributed by atoms with E-state index in [1.807, 2.05) is 0 Å². The van der Waals surface area contributed by atoms with Gasteiger partial charge in [0.25, 0.3) is 0 Å². The van der Waals surface area contributed by atoms with Crippen molar-refractivity contribution in [3.8, 4) is 0 Å². The van der Waals surface area contributed by atoms with E-state index in [0.717, 1.165) is 30.0 Å². The van der Waals surface area contributed by atoms with Crippen LogP contribution in [-0.4, -0.2) is 25.2 Å². The first-order valence-corrected chi connectivity index (χ1v) is 8.62. The van der Waals surface area contributed by atoms with E-state index < -0.39 is 0 Å². The van der Waals surface area contributed by atoms with Gasteiger partial charge in [-0.3, -0.25) is 0 Å². The van der Waals surface area contributed by atoms with E-state index in [9.17, 15) is 0 Å². The molecule has 1 N–H and O–H groups in total. The maximum Gasteiger partial charge on any atom is 0.0512 e. The van der Waals surface area contributed by atoms with Crippen molar-refractivity contribution in [1.29, 1.82) is 0 Å². The number of benzene rings is 1. The second-order valence-corrected chi connectivity index (χ2v) is 7.76. The summed E-state index contributed by atoms with van der Waals surface area (Å²) < 4.78 is 2.31. The topological polar surface area (TPSA) is 15.3 Å². The van der Waals surface area contributed by atoms with Gasteiger partial charge in [-0.25, -0.2) is 0 Å². The summed E-state index contributed by atoms with van der Waals surface area (Å²) in [5, 5.41) is 3.78. The van der Waals surface area contributed by atoms with Gasteiger partial charge in [0.1, 0.15) is 0 Å². The fourth-order valence-corrected chi connectivity index (χ4v) is 4.41. The van der Waals surface area contributed by atoms with Crippen molar-refractivity contribution < 1.29 is 0 Å². The van der Waals surface area contributed by atoms with Crippen LogP contribution in [0.4, 0.5) is 5.69 Å². The lowest BCUT2D eigenvalue weighted by atomic mass is 9.95. The molecule has 4 heteroatoms. The molecule has 2 aliphatic rings. The summed E-state index contributed by atoms with van der Waals surface area (Å²) >= 11 is 7.24. The van der Waals surface area contributed by atoms with Crippen molar-refractivity contribution in [2.75, 3.05) is 24.5 Å². The summed E-state index contributed by atoms with van der Waals surface area (Å²) in [6.45, 7) is 5.78. The molecule has 1 saturated carbocycles. The van der Waals surface area contributed by atoms with Gasteiger partial charge in [0, 0.05) is 27.6 Å². The van der Waals surface area contributed by atoms with Crippen LogP contribution in [0.5, 0.6) is 0 Å². The summed E-state index contributed by atoms with van der Waals surface area (Å²) in [6.07, 6.45) is 3.99. The fraction of sp³-hybridized carbons (Fsp3) is 0.600. The highest BCUT2D eigenvalue weighted by molar-refractivity contribution is 9.11. The molecule has 1 aromatic carbocycles. The molecular formula is C15H20Br2N2. The molecule has 1 unspecified atom stereocenters. The zero-order valence-electron chi connectivity index (χ0n) is 11.3. The van der Waals surface area contributed by atoms with Crippen molar-refractivity contribution in [2.24, 2.45) is 5.92 Å². The Hall–Kier alpha value is -0.0600. The van der Waals surface area contributed by atoms with Crippen molar-refractivity contribution in [3.63, 3.8) is 0 Å². The SMILES string of the molecule is CC1(C2CC2)CN(c2ccc(Br)cc2Br)CCCN1. The molecule has 2 fully saturated rings. The van der Waals surface area contributed by atoms with E-state index in [2.05, 4.69) is 67.2 Å². The zero-order valence-corrected chi connectivity index (χ0v) is 14.4. The minimum atomic E-state index is 0.281. The normalized spacial score (nSPS) is 28.3. The van der Waals surface area contributed by atoms with E-state index in [-0.39, 0.29) is 5.54 Å². The maximum absolute atomic E-state index is 3.78. The second kappa shape index (κ2) is 5.38. The molecule has 104 valence electrons. The number of nitrogens with one attached hydrogen (secondary N) is 1. The summed E-state index contributed by atoms with van der Waals surface area (Å²) in [6, 6.07) is 6.49. The molecule has 0 spiro atoms. The average Bonchev–Trinajstić information content (AvgIpc) is 3.16. The van der Waals surface area contributed by atoms with Crippen LogP contribution in [0, 0.1) is 5.92 Å². The third-order valence-electron chi connectivity index (χ3n) is 4.38. The Kier molecular flexibility index (Phi) is 3.93. The molecule has 0 aromatic heterocycles. The third kappa shape index (κ3) is 3.01. The predicted octanol–water partition coefficient (Wildman–Crippen LogP) is 4.18. The first-order chi connectivity index (χ1) is 9.08. The predicted molar refractivity (Wildman–Crippen MR) is 87.8 cm³/mol. The lowest BCUT2D eigenvalue weighted by molar-refractivity contribution is 0.331. The monoisotopic (exact) mass is 386 g/mol. The maximum atomic E-state index is 3.78. The van der Waals surface area contributed by atoms with Crippen LogP contribution in [0.3, 0.4) is 0 Å². The highest BCUT2D eigenvalue weighted by Crippen LogP contribution is 2.42. The Morgan fingerprint density at radius 3 is 2.79 bits per heavy atom. The second-order valence-electron chi connectivity index (χ2n) is 5.99. The van der Waals surface area contributed by atoms with Gasteiger partial charge in [0.05, 0.1) is 5.69 Å². The first kappa shape index (κ1) is 13.9. The van der Waals surface area contributed by atoms with Gasteiger partial charge in [-0.15, -0.1) is 0 Å². The minimum absolute atomic E-state index is 0.281. The highest BCUT2D eigenvalue weighted by Gasteiger charge is 2.43. The van der Waals surface area contributed by atoms with Gasteiger partial charge in [0.2, 0.25) is 0 Å². The van der Waals surface area contributed by atoms with Gasteiger partial charge >= 0.3 is 0 Å². The lowest BCUT2D eigenvalue weighted by Gasteiger charge is -2.35. The standard InChI is InChI=1S/C15H20Br2N2/c1-15(11-3-4-11)10-19(8-2-7-18-15)14-6-5-12(16)9-13(14)17/h5-6,9,11,18H,2-4,7-8,10H2,1H3. The summed E-state index contributed by atoms with van der Waals surface area (Å²) in [7, 11) is 0. The molecule has 2 nitrogen and oxygen atoms in total. The summed E-state index contributed by atoms with van der Waals surface area (Å²) in [5.41, 5.74) is 1.60. The van der Waals surface area contributed by atoms with Crippen LogP contribution in [0.15, 0.2) is 27.1 Å². The third-order valence-corrected chi connectivity index (χ3v) is 5.51. The Morgan fingerprint density at radius 2 is 2.11 bits per heavy atom. The molecule has 0 radical (unpaired) electrons. The Labute approximate surface area is 132 Å². The number of halogens is 2.